The molecule has 0 fully saturated rings. The van der Waals surface area contributed by atoms with Gasteiger partial charge in [0.05, 0.1) is 6.61 Å². The van der Waals surface area contributed by atoms with Crippen molar-refractivity contribution in [2.45, 2.75) is 6.92 Å². The molecule has 0 saturated carbocycles. The van der Waals surface area contributed by atoms with Gasteiger partial charge in [0.25, 0.3) is 0 Å². The Morgan fingerprint density at radius 2 is 2.40 bits per heavy atom. The van der Waals surface area contributed by atoms with Gasteiger partial charge in [-0.1, -0.05) is 0 Å². The lowest BCUT2D eigenvalue weighted by Gasteiger charge is -1.96. The number of rotatable bonds is 2. The van der Waals surface area contributed by atoms with Crippen LogP contribution in [0.2, 0.25) is 0 Å². The summed E-state index contributed by atoms with van der Waals surface area (Å²) in [5.41, 5.74) is 0.0295. The van der Waals surface area contributed by atoms with Crippen LogP contribution in [0.4, 0.5) is 0 Å². The van der Waals surface area contributed by atoms with E-state index in [-0.39, 0.29) is 5.71 Å². The predicted octanol–water partition coefficient (Wildman–Crippen LogP) is 0.253. The zero-order valence-electron chi connectivity index (χ0n) is 6.05. The van der Waals surface area contributed by atoms with Crippen molar-refractivity contribution in [3.8, 4) is 12.3 Å². The second kappa shape index (κ2) is 4.57. The normalized spacial score (nSPS) is 10.3. The third-order valence-electron chi connectivity index (χ3n) is 0.829. The average Bonchev–Trinajstić information content (AvgIpc) is 1.91. The van der Waals surface area contributed by atoms with Crippen LogP contribution in [0.3, 0.4) is 0 Å². The Bertz CT molecular complexity index is 188. The van der Waals surface area contributed by atoms with E-state index in [0.717, 1.165) is 0 Å². The number of carbonyl (C=O) groups is 1. The Morgan fingerprint density at radius 3 is 2.70 bits per heavy atom. The summed E-state index contributed by atoms with van der Waals surface area (Å²) >= 11 is 0. The van der Waals surface area contributed by atoms with Gasteiger partial charge in [-0.25, -0.2) is 4.79 Å². The Balaban J connectivity index is 4.08. The molecule has 0 heterocycles. The molecule has 0 unspecified atom stereocenters. The first kappa shape index (κ1) is 8.70. The zero-order chi connectivity index (χ0) is 7.98. The highest BCUT2D eigenvalue weighted by atomic mass is 16.5. The van der Waals surface area contributed by atoms with Crippen LogP contribution in [0.5, 0.6) is 0 Å². The van der Waals surface area contributed by atoms with Gasteiger partial charge in [0, 0.05) is 7.05 Å². The first-order chi connectivity index (χ1) is 4.76. The smallest absolute Gasteiger partial charge is 0.365 e. The van der Waals surface area contributed by atoms with Gasteiger partial charge in [0.2, 0.25) is 0 Å². The van der Waals surface area contributed by atoms with Crippen molar-refractivity contribution < 1.29 is 9.53 Å². The Kier molecular flexibility index (Phi) is 3.97. The molecule has 0 rings (SSSR count). The molecule has 0 aliphatic heterocycles. The second-order valence-electron chi connectivity index (χ2n) is 1.44. The Hall–Kier alpha value is -1.30. The van der Waals surface area contributed by atoms with Gasteiger partial charge in [0.15, 0.2) is 5.71 Å². The molecule has 0 saturated heterocycles. The molecule has 0 aromatic heterocycles. The highest BCUT2D eigenvalue weighted by Crippen LogP contribution is 1.81. The van der Waals surface area contributed by atoms with Crippen LogP contribution in [0, 0.1) is 12.3 Å². The highest BCUT2D eigenvalue weighted by Gasteiger charge is 2.06. The van der Waals surface area contributed by atoms with E-state index >= 15 is 0 Å². The summed E-state index contributed by atoms with van der Waals surface area (Å²) < 4.78 is 4.57. The molecule has 0 radical (unpaired) electrons. The van der Waals surface area contributed by atoms with Crippen molar-refractivity contribution in [1.29, 1.82) is 0 Å². The minimum atomic E-state index is -0.535. The number of carbonyl (C=O) groups excluding carboxylic acids is 1. The second-order valence-corrected chi connectivity index (χ2v) is 1.44. The summed E-state index contributed by atoms with van der Waals surface area (Å²) in [6, 6.07) is 0. The molecule has 0 aromatic carbocycles. The number of aliphatic imine (C=N–C) groups is 1. The lowest BCUT2D eigenvalue weighted by molar-refractivity contribution is -0.134. The number of hydrogen-bond acceptors (Lipinski definition) is 3. The lowest BCUT2D eigenvalue weighted by atomic mass is 10.4. The van der Waals surface area contributed by atoms with E-state index < -0.39 is 5.97 Å². The van der Waals surface area contributed by atoms with Gasteiger partial charge in [-0.2, -0.15) is 0 Å². The molecule has 0 atom stereocenters. The maximum absolute atomic E-state index is 10.7. The summed E-state index contributed by atoms with van der Waals surface area (Å²) in [4.78, 5) is 14.2. The van der Waals surface area contributed by atoms with Crippen molar-refractivity contribution in [1.82, 2.24) is 0 Å². The van der Waals surface area contributed by atoms with E-state index in [4.69, 9.17) is 6.42 Å². The first-order valence-electron chi connectivity index (χ1n) is 2.86. The minimum absolute atomic E-state index is 0.0295. The SMILES string of the molecule is C#CC(=NC)C(=O)OCC. The number of hydrogen-bond donors (Lipinski definition) is 0. The minimum Gasteiger partial charge on any atom is -0.461 e. The number of esters is 1. The van der Waals surface area contributed by atoms with Crippen LogP contribution >= 0.6 is 0 Å². The van der Waals surface area contributed by atoms with Crippen LogP contribution in [0.1, 0.15) is 6.92 Å². The van der Waals surface area contributed by atoms with Crippen LogP contribution in [-0.2, 0) is 9.53 Å². The van der Waals surface area contributed by atoms with Crippen molar-refractivity contribution in [3.63, 3.8) is 0 Å². The molecule has 0 aromatic rings. The van der Waals surface area contributed by atoms with E-state index in [9.17, 15) is 4.79 Å². The first-order valence-corrected chi connectivity index (χ1v) is 2.86. The highest BCUT2D eigenvalue weighted by molar-refractivity contribution is 6.43. The fraction of sp³-hybridized carbons (Fsp3) is 0.429. The van der Waals surface area contributed by atoms with Gasteiger partial charge < -0.3 is 4.74 Å². The van der Waals surface area contributed by atoms with E-state index in [2.05, 4.69) is 15.6 Å². The van der Waals surface area contributed by atoms with E-state index in [0.29, 0.717) is 6.61 Å². The predicted molar refractivity (Wildman–Crippen MR) is 38.8 cm³/mol. The number of ether oxygens (including phenoxy) is 1. The maximum Gasteiger partial charge on any atom is 0.365 e. The molecule has 0 amide bonds. The fourth-order valence-electron chi connectivity index (χ4n) is 0.414. The van der Waals surface area contributed by atoms with Crippen LogP contribution in [0.25, 0.3) is 0 Å². The maximum atomic E-state index is 10.7. The Morgan fingerprint density at radius 1 is 1.80 bits per heavy atom. The summed E-state index contributed by atoms with van der Waals surface area (Å²) in [6.45, 7) is 2.03. The van der Waals surface area contributed by atoms with Crippen molar-refractivity contribution in [3.05, 3.63) is 0 Å². The molecule has 0 spiro atoms. The number of nitrogens with zero attached hydrogens (tertiary/aromatic N) is 1. The van der Waals surface area contributed by atoms with E-state index in [1.165, 1.54) is 7.05 Å². The third-order valence-corrected chi connectivity index (χ3v) is 0.829. The molecule has 0 bridgehead atoms. The molecular weight excluding hydrogens is 130 g/mol. The van der Waals surface area contributed by atoms with E-state index in [1.54, 1.807) is 6.92 Å². The molecule has 0 aliphatic rings. The number of terminal acetylenes is 1. The van der Waals surface area contributed by atoms with E-state index in [1.807, 2.05) is 0 Å². The van der Waals surface area contributed by atoms with Crippen molar-refractivity contribution >= 4 is 11.7 Å². The average molecular weight is 139 g/mol. The quantitative estimate of drug-likeness (QED) is 0.312. The molecular formula is C7H9NO2. The summed E-state index contributed by atoms with van der Waals surface area (Å²) in [7, 11) is 1.45. The lowest BCUT2D eigenvalue weighted by Crippen LogP contribution is -2.15. The summed E-state index contributed by atoms with van der Waals surface area (Å²) in [6.07, 6.45) is 4.93. The van der Waals surface area contributed by atoms with Crippen LogP contribution in [-0.4, -0.2) is 25.3 Å². The van der Waals surface area contributed by atoms with Crippen molar-refractivity contribution in [2.24, 2.45) is 4.99 Å². The Labute approximate surface area is 60.1 Å². The van der Waals surface area contributed by atoms with Crippen LogP contribution < -0.4 is 0 Å². The van der Waals surface area contributed by atoms with Gasteiger partial charge in [0.1, 0.15) is 0 Å². The third kappa shape index (κ3) is 2.31. The topological polar surface area (TPSA) is 38.7 Å². The molecule has 0 N–H and O–H groups in total. The molecule has 10 heavy (non-hydrogen) atoms. The fourth-order valence-corrected chi connectivity index (χ4v) is 0.414. The monoisotopic (exact) mass is 139 g/mol. The van der Waals surface area contributed by atoms with Gasteiger partial charge in [-0.05, 0) is 12.8 Å². The van der Waals surface area contributed by atoms with Gasteiger partial charge >= 0.3 is 5.97 Å². The molecule has 54 valence electrons. The van der Waals surface area contributed by atoms with Gasteiger partial charge in [-0.15, -0.1) is 6.42 Å². The largest absolute Gasteiger partial charge is 0.461 e. The standard InChI is InChI=1S/C7H9NO2/c1-4-6(8-3)7(9)10-5-2/h1H,5H2,2-3H3. The van der Waals surface area contributed by atoms with Crippen molar-refractivity contribution in [2.75, 3.05) is 13.7 Å². The molecule has 0 aliphatic carbocycles. The van der Waals surface area contributed by atoms with Crippen LogP contribution in [0.15, 0.2) is 4.99 Å². The summed E-state index contributed by atoms with van der Waals surface area (Å²) in [5, 5.41) is 0. The van der Waals surface area contributed by atoms with Gasteiger partial charge in [-0.3, -0.25) is 4.99 Å². The zero-order valence-corrected chi connectivity index (χ0v) is 6.05. The molecule has 3 nitrogen and oxygen atoms in total. The molecule has 3 heteroatoms. The summed E-state index contributed by atoms with van der Waals surface area (Å²) in [5.74, 6) is 1.58.